The number of aromatic nitrogens is 2. The first-order valence-electron chi connectivity index (χ1n) is 6.60. The Morgan fingerprint density at radius 3 is 2.30 bits per heavy atom. The summed E-state index contributed by atoms with van der Waals surface area (Å²) in [6.07, 6.45) is 1.58. The van der Waals surface area contributed by atoms with E-state index in [1.54, 1.807) is 12.3 Å². The van der Waals surface area contributed by atoms with Crippen molar-refractivity contribution in [3.05, 3.63) is 81.0 Å². The molecule has 8 heteroatoms. The van der Waals surface area contributed by atoms with Gasteiger partial charge in [-0.3, -0.25) is 20.2 Å². The summed E-state index contributed by atoms with van der Waals surface area (Å²) in [5.74, 6) is 0. The highest BCUT2D eigenvalue weighted by atomic mass is 16.6. The lowest BCUT2D eigenvalue weighted by Gasteiger charge is -2.03. The molecule has 0 aliphatic heterocycles. The lowest BCUT2D eigenvalue weighted by atomic mass is 10.2. The van der Waals surface area contributed by atoms with E-state index in [-0.39, 0.29) is 17.1 Å². The number of rotatable bonds is 4. The molecule has 3 aromatic rings. The molecule has 0 saturated heterocycles. The first-order valence-corrected chi connectivity index (χ1v) is 6.60. The van der Waals surface area contributed by atoms with Gasteiger partial charge in [0.25, 0.3) is 5.69 Å². The molecule has 23 heavy (non-hydrogen) atoms. The van der Waals surface area contributed by atoms with Gasteiger partial charge in [0.1, 0.15) is 5.69 Å². The Labute approximate surface area is 129 Å². The van der Waals surface area contributed by atoms with Gasteiger partial charge >= 0.3 is 5.69 Å². The molecule has 1 aromatic heterocycles. The first-order chi connectivity index (χ1) is 11.1. The Hall–Kier alpha value is -3.55. The zero-order chi connectivity index (χ0) is 16.4. The van der Waals surface area contributed by atoms with Crippen LogP contribution < -0.4 is 0 Å². The molecule has 0 aliphatic rings. The summed E-state index contributed by atoms with van der Waals surface area (Å²) in [6.45, 7) is 0. The van der Waals surface area contributed by atoms with Crippen molar-refractivity contribution in [2.24, 2.45) is 0 Å². The summed E-state index contributed by atoms with van der Waals surface area (Å²) in [4.78, 5) is 20.6. The van der Waals surface area contributed by atoms with Gasteiger partial charge in [-0.2, -0.15) is 5.10 Å². The molecule has 0 aliphatic carbocycles. The van der Waals surface area contributed by atoms with Crippen LogP contribution in [0.1, 0.15) is 0 Å². The molecule has 2 aromatic carbocycles. The molecule has 0 spiro atoms. The standard InChI is InChI=1S/C15H10N4O4/c20-18(21)12-6-7-14(15(10-12)19(22)23)17-9-8-13(16-17)11-4-2-1-3-5-11/h1-10H. The van der Waals surface area contributed by atoms with Crippen LogP contribution in [0.5, 0.6) is 0 Å². The predicted molar refractivity (Wildman–Crippen MR) is 82.3 cm³/mol. The maximum absolute atomic E-state index is 11.2. The lowest BCUT2D eigenvalue weighted by Crippen LogP contribution is -2.02. The normalized spacial score (nSPS) is 10.4. The molecule has 0 atom stereocenters. The van der Waals surface area contributed by atoms with Crippen LogP contribution in [0.4, 0.5) is 11.4 Å². The number of hydrogen-bond acceptors (Lipinski definition) is 5. The van der Waals surface area contributed by atoms with Gasteiger partial charge in [-0.25, -0.2) is 4.68 Å². The smallest absolute Gasteiger partial charge is 0.258 e. The van der Waals surface area contributed by atoms with E-state index < -0.39 is 9.85 Å². The van der Waals surface area contributed by atoms with E-state index in [2.05, 4.69) is 5.10 Å². The van der Waals surface area contributed by atoms with Gasteiger partial charge < -0.3 is 0 Å². The molecule has 0 N–H and O–H groups in total. The van der Waals surface area contributed by atoms with Crippen molar-refractivity contribution in [1.29, 1.82) is 0 Å². The molecule has 0 unspecified atom stereocenters. The van der Waals surface area contributed by atoms with Crippen LogP contribution in [-0.4, -0.2) is 19.6 Å². The fraction of sp³-hybridized carbons (Fsp3) is 0. The molecule has 0 radical (unpaired) electrons. The van der Waals surface area contributed by atoms with Gasteiger partial charge in [0.2, 0.25) is 0 Å². The van der Waals surface area contributed by atoms with Crippen LogP contribution in [0, 0.1) is 20.2 Å². The van der Waals surface area contributed by atoms with Crippen LogP contribution in [0.15, 0.2) is 60.8 Å². The number of nitro groups is 2. The van der Waals surface area contributed by atoms with Crippen LogP contribution in [-0.2, 0) is 0 Å². The first kappa shape index (κ1) is 14.4. The summed E-state index contributed by atoms with van der Waals surface area (Å²) >= 11 is 0. The SMILES string of the molecule is O=[N+]([O-])c1ccc(-n2ccc(-c3ccccc3)n2)c([N+](=O)[O-])c1. The van der Waals surface area contributed by atoms with E-state index in [0.717, 1.165) is 11.6 Å². The summed E-state index contributed by atoms with van der Waals surface area (Å²) in [5, 5.41) is 26.3. The van der Waals surface area contributed by atoms with Crippen molar-refractivity contribution < 1.29 is 9.85 Å². The summed E-state index contributed by atoms with van der Waals surface area (Å²) < 4.78 is 1.34. The van der Waals surface area contributed by atoms with Gasteiger partial charge in [-0.15, -0.1) is 0 Å². The molecular weight excluding hydrogens is 300 g/mol. The Morgan fingerprint density at radius 2 is 1.65 bits per heavy atom. The lowest BCUT2D eigenvalue weighted by molar-refractivity contribution is -0.394. The van der Waals surface area contributed by atoms with Gasteiger partial charge in [0, 0.05) is 17.8 Å². The predicted octanol–water partition coefficient (Wildman–Crippen LogP) is 3.36. The minimum atomic E-state index is -0.671. The number of nitro benzene ring substituents is 2. The highest BCUT2D eigenvalue weighted by Gasteiger charge is 2.21. The van der Waals surface area contributed by atoms with E-state index in [4.69, 9.17) is 0 Å². The Bertz CT molecular complexity index is 890. The van der Waals surface area contributed by atoms with E-state index >= 15 is 0 Å². The van der Waals surface area contributed by atoms with Gasteiger partial charge in [-0.1, -0.05) is 30.3 Å². The number of benzene rings is 2. The molecule has 0 bridgehead atoms. The topological polar surface area (TPSA) is 104 Å². The number of nitrogens with zero attached hydrogens (tertiary/aromatic N) is 4. The van der Waals surface area contributed by atoms with Crippen molar-refractivity contribution in [3.8, 4) is 16.9 Å². The highest BCUT2D eigenvalue weighted by Crippen LogP contribution is 2.28. The quantitative estimate of drug-likeness (QED) is 0.543. The molecular formula is C15H10N4O4. The molecule has 3 rings (SSSR count). The summed E-state index contributed by atoms with van der Waals surface area (Å²) in [7, 11) is 0. The average Bonchev–Trinajstić information content (AvgIpc) is 3.04. The van der Waals surface area contributed by atoms with Crippen molar-refractivity contribution in [2.45, 2.75) is 0 Å². The van der Waals surface area contributed by atoms with Crippen LogP contribution >= 0.6 is 0 Å². The van der Waals surface area contributed by atoms with E-state index in [9.17, 15) is 20.2 Å². The molecule has 1 heterocycles. The van der Waals surface area contributed by atoms with Gasteiger partial charge in [0.15, 0.2) is 0 Å². The second kappa shape index (κ2) is 5.68. The third-order valence-corrected chi connectivity index (χ3v) is 3.27. The van der Waals surface area contributed by atoms with Gasteiger partial charge in [-0.05, 0) is 12.1 Å². The summed E-state index contributed by atoms with van der Waals surface area (Å²) in [6, 6.07) is 14.5. The minimum Gasteiger partial charge on any atom is -0.258 e. The van der Waals surface area contributed by atoms with Crippen molar-refractivity contribution in [2.75, 3.05) is 0 Å². The molecule has 114 valence electrons. The molecule has 0 fully saturated rings. The Balaban J connectivity index is 2.07. The fourth-order valence-electron chi connectivity index (χ4n) is 2.19. The number of hydrogen-bond donors (Lipinski definition) is 0. The second-order valence-electron chi connectivity index (χ2n) is 4.70. The third kappa shape index (κ3) is 2.77. The third-order valence-electron chi connectivity index (χ3n) is 3.27. The number of non-ortho nitro benzene ring substituents is 1. The zero-order valence-corrected chi connectivity index (χ0v) is 11.7. The average molecular weight is 310 g/mol. The minimum absolute atomic E-state index is 0.169. The molecule has 0 saturated carbocycles. The highest BCUT2D eigenvalue weighted by molar-refractivity contribution is 5.61. The maximum atomic E-state index is 11.2. The van der Waals surface area contributed by atoms with Crippen molar-refractivity contribution >= 4 is 11.4 Å². The zero-order valence-electron chi connectivity index (χ0n) is 11.7. The second-order valence-corrected chi connectivity index (χ2v) is 4.70. The largest absolute Gasteiger partial charge is 0.301 e. The fourth-order valence-corrected chi connectivity index (χ4v) is 2.19. The van der Waals surface area contributed by atoms with Crippen LogP contribution in [0.2, 0.25) is 0 Å². The van der Waals surface area contributed by atoms with Gasteiger partial charge in [0.05, 0.1) is 21.6 Å². The van der Waals surface area contributed by atoms with Crippen molar-refractivity contribution in [1.82, 2.24) is 9.78 Å². The molecule has 0 amide bonds. The Morgan fingerprint density at radius 1 is 0.913 bits per heavy atom. The van der Waals surface area contributed by atoms with E-state index in [1.807, 2.05) is 30.3 Å². The molecule has 8 nitrogen and oxygen atoms in total. The van der Waals surface area contributed by atoms with Crippen LogP contribution in [0.25, 0.3) is 16.9 Å². The maximum Gasteiger partial charge on any atom is 0.301 e. The monoisotopic (exact) mass is 310 g/mol. The van der Waals surface area contributed by atoms with E-state index in [1.165, 1.54) is 16.8 Å². The van der Waals surface area contributed by atoms with E-state index in [0.29, 0.717) is 5.69 Å². The Kier molecular flexibility index (Phi) is 3.55. The summed E-state index contributed by atoms with van der Waals surface area (Å²) in [5.41, 5.74) is 0.981. The van der Waals surface area contributed by atoms with Crippen molar-refractivity contribution in [3.63, 3.8) is 0 Å². The van der Waals surface area contributed by atoms with Crippen LogP contribution in [0.3, 0.4) is 0 Å².